The minimum absolute atomic E-state index is 0.136. The van der Waals surface area contributed by atoms with Crippen LogP contribution in [-0.4, -0.2) is 23.3 Å². The van der Waals surface area contributed by atoms with Gasteiger partial charge in [0.05, 0.1) is 0 Å². The fraction of sp³-hybridized carbons (Fsp3) is 0.0952. The van der Waals surface area contributed by atoms with Crippen molar-refractivity contribution in [1.82, 2.24) is 10.3 Å². The van der Waals surface area contributed by atoms with E-state index in [-0.39, 0.29) is 11.6 Å². The molecular weight excluding hydrogens is 378 g/mol. The molecule has 28 heavy (non-hydrogen) atoms. The Bertz CT molecular complexity index is 1010. The van der Waals surface area contributed by atoms with Crippen LogP contribution in [0.15, 0.2) is 66.9 Å². The van der Waals surface area contributed by atoms with Crippen LogP contribution >= 0.6 is 11.6 Å². The van der Waals surface area contributed by atoms with Gasteiger partial charge in [-0.05, 0) is 48.4 Å². The maximum absolute atomic E-state index is 12.1. The summed E-state index contributed by atoms with van der Waals surface area (Å²) in [6, 6.07) is 17.4. The summed E-state index contributed by atoms with van der Waals surface area (Å²) >= 11 is 5.91. The first kappa shape index (κ1) is 19.4. The Morgan fingerprint density at radius 1 is 1.04 bits per heavy atom. The van der Waals surface area contributed by atoms with E-state index in [0.717, 1.165) is 5.56 Å². The number of nitrogens with one attached hydrogen (secondary N) is 1. The average molecular weight is 396 g/mol. The van der Waals surface area contributed by atoms with Gasteiger partial charge in [-0.25, -0.2) is 0 Å². The first-order valence-electron chi connectivity index (χ1n) is 8.58. The van der Waals surface area contributed by atoms with E-state index in [4.69, 9.17) is 22.1 Å². The zero-order chi connectivity index (χ0) is 19.9. The average Bonchev–Trinajstić information content (AvgIpc) is 2.68. The molecule has 0 aliphatic rings. The number of nitrogens with two attached hydrogens (primary N) is 1. The zero-order valence-corrected chi connectivity index (χ0v) is 15.6. The second kappa shape index (κ2) is 9.01. The SMILES string of the molecule is NC(=O)c1cc(Oc2cccc(CCNC(=O)c3cccc(Cl)c3)c2)ccn1. The summed E-state index contributed by atoms with van der Waals surface area (Å²) in [4.78, 5) is 27.2. The Hall–Kier alpha value is -3.38. The lowest BCUT2D eigenvalue weighted by Crippen LogP contribution is -2.25. The molecule has 2 amide bonds. The predicted molar refractivity (Wildman–Crippen MR) is 107 cm³/mol. The van der Waals surface area contributed by atoms with Crippen LogP contribution in [0.5, 0.6) is 11.5 Å². The van der Waals surface area contributed by atoms with Crippen molar-refractivity contribution in [3.8, 4) is 11.5 Å². The monoisotopic (exact) mass is 395 g/mol. The van der Waals surface area contributed by atoms with Gasteiger partial charge in [0.2, 0.25) is 0 Å². The van der Waals surface area contributed by atoms with Crippen LogP contribution in [0.4, 0.5) is 0 Å². The number of carbonyl (C=O) groups excluding carboxylic acids is 2. The molecule has 3 aromatic rings. The summed E-state index contributed by atoms with van der Waals surface area (Å²) in [6.45, 7) is 0.468. The number of hydrogen-bond acceptors (Lipinski definition) is 4. The van der Waals surface area contributed by atoms with Crippen molar-refractivity contribution in [2.45, 2.75) is 6.42 Å². The zero-order valence-electron chi connectivity index (χ0n) is 14.9. The van der Waals surface area contributed by atoms with E-state index in [1.807, 2.05) is 18.2 Å². The van der Waals surface area contributed by atoms with Crippen molar-refractivity contribution in [3.63, 3.8) is 0 Å². The summed E-state index contributed by atoms with van der Waals surface area (Å²) in [7, 11) is 0. The number of pyridine rings is 1. The summed E-state index contributed by atoms with van der Waals surface area (Å²) in [5.41, 5.74) is 6.88. The number of aromatic nitrogens is 1. The summed E-state index contributed by atoms with van der Waals surface area (Å²) in [5, 5.41) is 3.39. The minimum atomic E-state index is -0.616. The second-order valence-corrected chi connectivity index (χ2v) is 6.44. The fourth-order valence-electron chi connectivity index (χ4n) is 2.56. The first-order chi connectivity index (χ1) is 13.5. The third-order valence-electron chi connectivity index (χ3n) is 3.90. The molecule has 0 bridgehead atoms. The molecule has 0 saturated carbocycles. The first-order valence-corrected chi connectivity index (χ1v) is 8.95. The maximum atomic E-state index is 12.1. The highest BCUT2D eigenvalue weighted by Crippen LogP contribution is 2.22. The molecule has 0 atom stereocenters. The number of carbonyl (C=O) groups is 2. The van der Waals surface area contributed by atoms with Crippen molar-refractivity contribution in [1.29, 1.82) is 0 Å². The lowest BCUT2D eigenvalue weighted by atomic mass is 10.1. The van der Waals surface area contributed by atoms with E-state index in [2.05, 4.69) is 10.3 Å². The molecule has 0 fully saturated rings. The number of hydrogen-bond donors (Lipinski definition) is 2. The molecule has 2 aromatic carbocycles. The van der Waals surface area contributed by atoms with Crippen LogP contribution in [0.1, 0.15) is 26.4 Å². The number of nitrogens with zero attached hydrogens (tertiary/aromatic N) is 1. The Balaban J connectivity index is 1.58. The van der Waals surface area contributed by atoms with E-state index in [1.165, 1.54) is 12.3 Å². The number of amides is 2. The van der Waals surface area contributed by atoms with Crippen molar-refractivity contribution >= 4 is 23.4 Å². The standard InChI is InChI=1S/C21H18ClN3O3/c22-16-5-2-4-15(12-16)21(27)25-9-7-14-3-1-6-17(11-14)28-18-8-10-24-19(13-18)20(23)26/h1-6,8,10-13H,7,9H2,(H2,23,26)(H,25,27). The van der Waals surface area contributed by atoms with Gasteiger partial charge in [-0.1, -0.05) is 29.8 Å². The van der Waals surface area contributed by atoms with Crippen LogP contribution in [-0.2, 0) is 6.42 Å². The van der Waals surface area contributed by atoms with Gasteiger partial charge in [0, 0.05) is 29.4 Å². The summed E-state index contributed by atoms with van der Waals surface area (Å²) < 4.78 is 5.77. The molecule has 0 aliphatic heterocycles. The Kier molecular flexibility index (Phi) is 6.24. The number of benzene rings is 2. The Morgan fingerprint density at radius 3 is 2.61 bits per heavy atom. The lowest BCUT2D eigenvalue weighted by molar-refractivity contribution is 0.0952. The molecule has 0 aliphatic carbocycles. The largest absolute Gasteiger partial charge is 0.457 e. The van der Waals surface area contributed by atoms with E-state index in [9.17, 15) is 9.59 Å². The second-order valence-electron chi connectivity index (χ2n) is 6.01. The van der Waals surface area contributed by atoms with Crippen LogP contribution in [0.2, 0.25) is 5.02 Å². The number of rotatable bonds is 7. The molecule has 7 heteroatoms. The van der Waals surface area contributed by atoms with E-state index < -0.39 is 5.91 Å². The van der Waals surface area contributed by atoms with Crippen LogP contribution in [0.25, 0.3) is 0 Å². The van der Waals surface area contributed by atoms with Crippen LogP contribution in [0, 0.1) is 0 Å². The molecule has 6 nitrogen and oxygen atoms in total. The summed E-state index contributed by atoms with van der Waals surface area (Å²) in [6.07, 6.45) is 2.09. The van der Waals surface area contributed by atoms with Gasteiger partial charge in [-0.15, -0.1) is 0 Å². The molecule has 1 heterocycles. The van der Waals surface area contributed by atoms with Crippen molar-refractivity contribution in [2.75, 3.05) is 6.54 Å². The molecule has 1 aromatic heterocycles. The van der Waals surface area contributed by atoms with Gasteiger partial charge in [-0.2, -0.15) is 0 Å². The smallest absolute Gasteiger partial charge is 0.267 e. The normalized spacial score (nSPS) is 10.3. The van der Waals surface area contributed by atoms with E-state index in [0.29, 0.717) is 35.1 Å². The summed E-state index contributed by atoms with van der Waals surface area (Å²) in [5.74, 6) is 0.288. The van der Waals surface area contributed by atoms with Crippen molar-refractivity contribution < 1.29 is 14.3 Å². The van der Waals surface area contributed by atoms with Gasteiger partial charge in [0.1, 0.15) is 17.2 Å². The molecular formula is C21H18ClN3O3. The van der Waals surface area contributed by atoms with Gasteiger partial charge in [0.15, 0.2) is 0 Å². The predicted octanol–water partition coefficient (Wildman–Crippen LogP) is 3.60. The van der Waals surface area contributed by atoms with Crippen molar-refractivity contribution in [3.05, 3.63) is 88.7 Å². The molecule has 0 spiro atoms. The van der Waals surface area contributed by atoms with Crippen molar-refractivity contribution in [2.24, 2.45) is 5.73 Å². The third kappa shape index (κ3) is 5.31. The molecule has 3 rings (SSSR count). The molecule has 0 unspecified atom stereocenters. The van der Waals surface area contributed by atoms with Crippen LogP contribution < -0.4 is 15.8 Å². The molecule has 0 saturated heterocycles. The van der Waals surface area contributed by atoms with Gasteiger partial charge in [0.25, 0.3) is 11.8 Å². The molecule has 0 radical (unpaired) electrons. The minimum Gasteiger partial charge on any atom is -0.457 e. The van der Waals surface area contributed by atoms with Gasteiger partial charge >= 0.3 is 0 Å². The quantitative estimate of drug-likeness (QED) is 0.639. The lowest BCUT2D eigenvalue weighted by Gasteiger charge is -2.09. The van der Waals surface area contributed by atoms with Gasteiger partial charge < -0.3 is 15.8 Å². The van der Waals surface area contributed by atoms with E-state index >= 15 is 0 Å². The maximum Gasteiger partial charge on any atom is 0.267 e. The highest BCUT2D eigenvalue weighted by molar-refractivity contribution is 6.30. The van der Waals surface area contributed by atoms with Crippen LogP contribution in [0.3, 0.4) is 0 Å². The topological polar surface area (TPSA) is 94.3 Å². The number of halogens is 1. The third-order valence-corrected chi connectivity index (χ3v) is 4.14. The Morgan fingerprint density at radius 2 is 1.82 bits per heavy atom. The molecule has 142 valence electrons. The Labute approximate surface area is 167 Å². The van der Waals surface area contributed by atoms with Gasteiger partial charge in [-0.3, -0.25) is 14.6 Å². The number of ether oxygens (including phenoxy) is 1. The highest BCUT2D eigenvalue weighted by Gasteiger charge is 2.07. The van der Waals surface area contributed by atoms with E-state index in [1.54, 1.807) is 36.4 Å². The fourth-order valence-corrected chi connectivity index (χ4v) is 2.75. The highest BCUT2D eigenvalue weighted by atomic mass is 35.5. The molecule has 3 N–H and O–H groups in total. The number of primary amides is 1.